The van der Waals surface area contributed by atoms with E-state index in [1.54, 1.807) is 11.3 Å². The molecule has 0 saturated heterocycles. The number of hydrogen-bond donors (Lipinski definition) is 2. The van der Waals surface area contributed by atoms with Crippen LogP contribution in [0.4, 0.5) is 0 Å². The van der Waals surface area contributed by atoms with Crippen LogP contribution in [0.1, 0.15) is 83.6 Å². The van der Waals surface area contributed by atoms with Gasteiger partial charge in [-0.2, -0.15) is 0 Å². The van der Waals surface area contributed by atoms with E-state index >= 15 is 0 Å². The van der Waals surface area contributed by atoms with Crippen molar-refractivity contribution in [2.45, 2.75) is 95.9 Å². The van der Waals surface area contributed by atoms with E-state index < -0.39 is 11.2 Å². The Morgan fingerprint density at radius 2 is 1.94 bits per heavy atom. The third-order valence-corrected chi connectivity index (χ3v) is 11.2. The van der Waals surface area contributed by atoms with Crippen molar-refractivity contribution in [1.29, 1.82) is 0 Å². The van der Waals surface area contributed by atoms with Gasteiger partial charge in [0.05, 0.1) is 11.7 Å². The molecule has 0 bridgehead atoms. The zero-order valence-corrected chi connectivity index (χ0v) is 20.1. The van der Waals surface area contributed by atoms with Gasteiger partial charge in [-0.25, -0.2) is 4.98 Å². The fraction of sp³-hybridized carbons (Fsp3) is 0.880. The molecule has 0 aliphatic heterocycles. The predicted octanol–water partition coefficient (Wildman–Crippen LogP) is 4.87. The van der Waals surface area contributed by atoms with Crippen LogP contribution in [0.25, 0.3) is 0 Å². The molecule has 174 valence electrons. The molecule has 4 saturated carbocycles. The molecule has 31 heavy (non-hydrogen) atoms. The maximum absolute atomic E-state index is 12.1. The van der Waals surface area contributed by atoms with Crippen molar-refractivity contribution in [2.75, 3.05) is 13.4 Å². The monoisotopic (exact) mass is 449 g/mol. The van der Waals surface area contributed by atoms with Crippen LogP contribution in [0.2, 0.25) is 0 Å². The summed E-state index contributed by atoms with van der Waals surface area (Å²) in [6.07, 6.45) is 10.6. The van der Waals surface area contributed by atoms with Crippen LogP contribution in [-0.2, 0) is 15.1 Å². The molecule has 2 N–H and O–H groups in total. The average Bonchev–Trinajstić information content (AvgIpc) is 3.36. The molecule has 0 amide bonds. The normalized spacial score (nSPS) is 49.3. The molecule has 0 aromatic carbocycles. The number of aromatic nitrogens is 1. The van der Waals surface area contributed by atoms with Crippen molar-refractivity contribution in [3.05, 3.63) is 16.6 Å². The summed E-state index contributed by atoms with van der Waals surface area (Å²) in [5, 5.41) is 25.3. The van der Waals surface area contributed by atoms with Gasteiger partial charge in [0.1, 0.15) is 17.4 Å². The lowest BCUT2D eigenvalue weighted by Crippen LogP contribution is -2.65. The standard InChI is InChI=1S/C25H39NO4S/c1-4-29-16-30-25-12-11-24(28,21-26-13-14-31-21)23(25,3)10-8-19-20(25)6-5-17-15-18(27)7-9-22(17,19)2/h13-14,17-20,27-28H,4-12,15-16H2,1-3H3/t17?,18?,19-,20-,22+,23-,24?,25-/m1/s1. The summed E-state index contributed by atoms with van der Waals surface area (Å²) in [6.45, 7) is 7.69. The lowest BCUT2D eigenvalue weighted by Gasteiger charge is -2.65. The highest BCUT2D eigenvalue weighted by Gasteiger charge is 2.73. The highest BCUT2D eigenvalue weighted by molar-refractivity contribution is 7.09. The maximum atomic E-state index is 12.1. The van der Waals surface area contributed by atoms with Crippen molar-refractivity contribution >= 4 is 11.3 Å². The highest BCUT2D eigenvalue weighted by atomic mass is 32.1. The summed E-state index contributed by atoms with van der Waals surface area (Å²) in [7, 11) is 0. The summed E-state index contributed by atoms with van der Waals surface area (Å²) in [5.74, 6) is 1.59. The highest BCUT2D eigenvalue weighted by Crippen LogP contribution is 2.72. The number of fused-ring (bicyclic) bond motifs is 5. The third-order valence-electron chi connectivity index (χ3n) is 10.3. The zero-order valence-electron chi connectivity index (χ0n) is 19.3. The molecule has 5 rings (SSSR count). The van der Waals surface area contributed by atoms with Crippen LogP contribution in [0, 0.1) is 28.6 Å². The van der Waals surface area contributed by atoms with Crippen LogP contribution in [-0.4, -0.2) is 40.3 Å². The Morgan fingerprint density at radius 1 is 1.10 bits per heavy atom. The van der Waals surface area contributed by atoms with Crippen molar-refractivity contribution in [1.82, 2.24) is 4.98 Å². The Labute approximate surface area is 190 Å². The number of rotatable bonds is 5. The maximum Gasteiger partial charge on any atom is 0.147 e. The van der Waals surface area contributed by atoms with Crippen LogP contribution < -0.4 is 0 Å². The second-order valence-electron chi connectivity index (χ2n) is 11.1. The van der Waals surface area contributed by atoms with Crippen LogP contribution in [0.15, 0.2) is 11.6 Å². The summed E-state index contributed by atoms with van der Waals surface area (Å²) in [5.41, 5.74) is -1.46. The molecule has 1 aromatic rings. The molecule has 4 aliphatic rings. The number of ether oxygens (including phenoxy) is 2. The van der Waals surface area contributed by atoms with E-state index in [-0.39, 0.29) is 16.9 Å². The number of thiazole rings is 1. The molecule has 1 heterocycles. The van der Waals surface area contributed by atoms with Gasteiger partial charge in [-0.15, -0.1) is 11.3 Å². The second kappa shape index (κ2) is 7.76. The molecule has 6 heteroatoms. The van der Waals surface area contributed by atoms with Crippen molar-refractivity contribution < 1.29 is 19.7 Å². The van der Waals surface area contributed by atoms with Crippen LogP contribution in [0.5, 0.6) is 0 Å². The molecule has 5 nitrogen and oxygen atoms in total. The van der Waals surface area contributed by atoms with E-state index in [2.05, 4.69) is 18.8 Å². The van der Waals surface area contributed by atoms with E-state index in [1.165, 1.54) is 0 Å². The number of nitrogens with zero attached hydrogens (tertiary/aromatic N) is 1. The zero-order chi connectivity index (χ0) is 21.9. The van der Waals surface area contributed by atoms with Gasteiger partial charge >= 0.3 is 0 Å². The van der Waals surface area contributed by atoms with Gasteiger partial charge in [-0.1, -0.05) is 13.8 Å². The number of aliphatic hydroxyl groups excluding tert-OH is 1. The van der Waals surface area contributed by atoms with E-state index in [0.29, 0.717) is 37.6 Å². The van der Waals surface area contributed by atoms with Gasteiger partial charge in [0.25, 0.3) is 0 Å². The van der Waals surface area contributed by atoms with Crippen molar-refractivity contribution in [2.24, 2.45) is 28.6 Å². The first kappa shape index (κ1) is 22.3. The first-order valence-electron chi connectivity index (χ1n) is 12.3. The summed E-state index contributed by atoms with van der Waals surface area (Å²) >= 11 is 1.57. The Morgan fingerprint density at radius 3 is 2.68 bits per heavy atom. The second-order valence-corrected chi connectivity index (χ2v) is 12.0. The molecule has 0 radical (unpaired) electrons. The molecule has 1 aromatic heterocycles. The quantitative estimate of drug-likeness (QED) is 0.496. The van der Waals surface area contributed by atoms with Gasteiger partial charge in [0.2, 0.25) is 0 Å². The Bertz CT molecular complexity index is 788. The third kappa shape index (κ3) is 2.97. The van der Waals surface area contributed by atoms with E-state index in [1.807, 2.05) is 18.5 Å². The van der Waals surface area contributed by atoms with Crippen LogP contribution >= 0.6 is 11.3 Å². The van der Waals surface area contributed by atoms with Gasteiger partial charge in [-0.3, -0.25) is 0 Å². The molecule has 4 aliphatic carbocycles. The molecule has 3 unspecified atom stereocenters. The van der Waals surface area contributed by atoms with Gasteiger partial charge in [0, 0.05) is 23.6 Å². The molecular weight excluding hydrogens is 410 g/mol. The Balaban J connectivity index is 1.55. The lowest BCUT2D eigenvalue weighted by atomic mass is 9.43. The van der Waals surface area contributed by atoms with E-state index in [4.69, 9.17) is 9.47 Å². The molecule has 4 fully saturated rings. The minimum Gasteiger partial charge on any atom is -0.393 e. The number of aliphatic hydroxyl groups is 2. The average molecular weight is 450 g/mol. The van der Waals surface area contributed by atoms with Gasteiger partial charge in [0.15, 0.2) is 0 Å². The Hall–Kier alpha value is -0.530. The topological polar surface area (TPSA) is 71.8 Å². The fourth-order valence-electron chi connectivity index (χ4n) is 8.53. The number of hydrogen-bond acceptors (Lipinski definition) is 6. The minimum absolute atomic E-state index is 0.131. The van der Waals surface area contributed by atoms with Gasteiger partial charge in [-0.05, 0) is 87.9 Å². The summed E-state index contributed by atoms with van der Waals surface area (Å²) in [4.78, 5) is 4.58. The Kier molecular flexibility index (Phi) is 5.58. The first-order chi connectivity index (χ1) is 14.8. The smallest absolute Gasteiger partial charge is 0.147 e. The molecule has 8 atom stereocenters. The van der Waals surface area contributed by atoms with Crippen molar-refractivity contribution in [3.63, 3.8) is 0 Å². The predicted molar refractivity (Wildman–Crippen MR) is 121 cm³/mol. The van der Waals surface area contributed by atoms with Crippen molar-refractivity contribution in [3.8, 4) is 0 Å². The lowest BCUT2D eigenvalue weighted by molar-refractivity contribution is -0.280. The molecule has 0 spiro atoms. The summed E-state index contributed by atoms with van der Waals surface area (Å²) < 4.78 is 12.5. The van der Waals surface area contributed by atoms with E-state index in [9.17, 15) is 10.2 Å². The minimum atomic E-state index is -0.946. The van der Waals surface area contributed by atoms with Crippen LogP contribution in [0.3, 0.4) is 0 Å². The van der Waals surface area contributed by atoms with E-state index in [0.717, 1.165) is 56.4 Å². The van der Waals surface area contributed by atoms with Gasteiger partial charge < -0.3 is 19.7 Å². The largest absolute Gasteiger partial charge is 0.393 e. The molecular formula is C25H39NO4S. The first-order valence-corrected chi connectivity index (χ1v) is 13.2. The SMILES string of the molecule is CCOCO[C@@]12CCC(O)(c3nccs3)[C@@]1(C)CC[C@@H]1[C@H]2CCC2CC(O)CC[C@@]21C. The fourth-order valence-corrected chi connectivity index (χ4v) is 9.42. The summed E-state index contributed by atoms with van der Waals surface area (Å²) in [6, 6.07) is 0.